The number of hydrogen-bond acceptors (Lipinski definition) is 4. The second-order valence-electron chi connectivity index (χ2n) is 4.30. The Labute approximate surface area is 104 Å². The molecule has 1 aliphatic rings. The summed E-state index contributed by atoms with van der Waals surface area (Å²) in [5.74, 6) is -0.826. The van der Waals surface area contributed by atoms with Crippen LogP contribution in [-0.4, -0.2) is 21.0 Å². The highest BCUT2D eigenvalue weighted by Gasteiger charge is 2.34. The van der Waals surface area contributed by atoms with Gasteiger partial charge >= 0.3 is 5.97 Å². The zero-order chi connectivity index (χ0) is 12.5. The summed E-state index contributed by atoms with van der Waals surface area (Å²) in [5, 5.41) is 13.9. The van der Waals surface area contributed by atoms with E-state index >= 15 is 0 Å². The van der Waals surface area contributed by atoms with Crippen molar-refractivity contribution >= 4 is 22.8 Å². The van der Waals surface area contributed by atoms with Gasteiger partial charge in [0.2, 0.25) is 0 Å². The van der Waals surface area contributed by atoms with E-state index in [4.69, 9.17) is 5.11 Å². The smallest absolute Gasteiger partial charge is 0.306 e. The Kier molecular flexibility index (Phi) is 3.11. The molecule has 2 N–H and O–H groups in total. The number of hydrazone groups is 1. The molecule has 0 saturated carbocycles. The molecule has 90 valence electrons. The van der Waals surface area contributed by atoms with Gasteiger partial charge in [0, 0.05) is 5.56 Å². The van der Waals surface area contributed by atoms with Crippen LogP contribution in [0.3, 0.4) is 0 Å². The largest absolute Gasteiger partial charge is 0.481 e. The lowest BCUT2D eigenvalue weighted by Crippen LogP contribution is -2.34. The third-order valence-electron chi connectivity index (χ3n) is 2.50. The first kappa shape index (κ1) is 12.0. The second-order valence-corrected chi connectivity index (χ2v) is 5.79. The molecule has 0 fully saturated rings. The van der Waals surface area contributed by atoms with Crippen LogP contribution in [0.4, 0.5) is 0 Å². The molecule has 0 saturated heterocycles. The monoisotopic (exact) mass is 250 g/mol. The maximum atomic E-state index is 10.7. The lowest BCUT2D eigenvalue weighted by molar-refractivity contribution is -0.137. The summed E-state index contributed by atoms with van der Waals surface area (Å²) < 4.78 is 0. The Hall–Kier alpha value is -1.49. The van der Waals surface area contributed by atoms with Gasteiger partial charge < -0.3 is 5.11 Å². The third-order valence-corrected chi connectivity index (χ3v) is 3.71. The number of carboxylic acids is 1. The average Bonchev–Trinajstić information content (AvgIpc) is 2.60. The average molecular weight is 250 g/mol. The Balaban J connectivity index is 2.11. The predicted molar refractivity (Wildman–Crippen MR) is 69.1 cm³/mol. The number of thioether (sulfide) groups is 1. The summed E-state index contributed by atoms with van der Waals surface area (Å²) in [5.41, 5.74) is 5.11. The highest BCUT2D eigenvalue weighted by atomic mass is 32.2. The Bertz CT molecular complexity index is 470. The van der Waals surface area contributed by atoms with Crippen LogP contribution in [0.1, 0.15) is 24.5 Å². The normalized spacial score (nSPS) is 23.1. The fourth-order valence-electron chi connectivity index (χ4n) is 1.61. The molecule has 4 nitrogen and oxygen atoms in total. The zero-order valence-electron chi connectivity index (χ0n) is 9.73. The molecule has 0 aliphatic carbocycles. The van der Waals surface area contributed by atoms with Gasteiger partial charge in [-0.2, -0.15) is 5.10 Å². The molecule has 1 unspecified atom stereocenters. The molecule has 0 radical (unpaired) electrons. The molecule has 0 amide bonds. The number of benzene rings is 1. The van der Waals surface area contributed by atoms with Crippen LogP contribution in [0.5, 0.6) is 0 Å². The molecule has 1 aromatic rings. The first-order valence-electron chi connectivity index (χ1n) is 5.31. The fraction of sp³-hybridized carbons (Fsp3) is 0.333. The standard InChI is InChI=1S/C12H14N2O2S/c1-8-3-5-9(6-4-8)11-13-14-12(2,17-11)7-10(15)16/h3-6,14H,7H2,1-2H3,(H,15,16). The van der Waals surface area contributed by atoms with Gasteiger partial charge in [0.25, 0.3) is 0 Å². The molecule has 5 heteroatoms. The van der Waals surface area contributed by atoms with Crippen molar-refractivity contribution < 1.29 is 9.90 Å². The van der Waals surface area contributed by atoms with E-state index in [-0.39, 0.29) is 6.42 Å². The maximum Gasteiger partial charge on any atom is 0.306 e. The fourth-order valence-corrected chi connectivity index (χ4v) is 2.67. The van der Waals surface area contributed by atoms with E-state index in [2.05, 4.69) is 10.5 Å². The summed E-state index contributed by atoms with van der Waals surface area (Å²) in [6.07, 6.45) is 0.0382. The van der Waals surface area contributed by atoms with Gasteiger partial charge in [0.05, 0.1) is 6.42 Å². The Morgan fingerprint density at radius 3 is 2.71 bits per heavy atom. The quantitative estimate of drug-likeness (QED) is 0.863. The molecule has 2 rings (SSSR count). The minimum atomic E-state index is -0.826. The maximum absolute atomic E-state index is 10.7. The van der Waals surface area contributed by atoms with Crippen molar-refractivity contribution in [2.75, 3.05) is 0 Å². The van der Waals surface area contributed by atoms with Crippen LogP contribution in [0.15, 0.2) is 29.4 Å². The summed E-state index contributed by atoms with van der Waals surface area (Å²) in [7, 11) is 0. The highest BCUT2D eigenvalue weighted by Crippen LogP contribution is 2.34. The number of carbonyl (C=O) groups is 1. The summed E-state index contributed by atoms with van der Waals surface area (Å²) >= 11 is 1.46. The van der Waals surface area contributed by atoms with Crippen LogP contribution < -0.4 is 5.43 Å². The molecular weight excluding hydrogens is 236 g/mol. The number of carboxylic acid groups (broad SMARTS) is 1. The van der Waals surface area contributed by atoms with Crippen LogP contribution >= 0.6 is 11.8 Å². The predicted octanol–water partition coefficient (Wildman–Crippen LogP) is 2.18. The van der Waals surface area contributed by atoms with E-state index in [0.29, 0.717) is 0 Å². The minimum Gasteiger partial charge on any atom is -0.481 e. The second kappa shape index (κ2) is 4.41. The summed E-state index contributed by atoms with van der Waals surface area (Å²) in [6, 6.07) is 8.03. The first-order chi connectivity index (χ1) is 7.98. The number of nitrogens with zero attached hydrogens (tertiary/aromatic N) is 1. The molecule has 1 heterocycles. The summed E-state index contributed by atoms with van der Waals surface area (Å²) in [4.78, 5) is 10.2. The van der Waals surface area contributed by atoms with Crippen LogP contribution in [0, 0.1) is 6.92 Å². The highest BCUT2D eigenvalue weighted by molar-refractivity contribution is 8.15. The number of hydrogen-bond donors (Lipinski definition) is 2. The SMILES string of the molecule is Cc1ccc(C2=NNC(C)(CC(=O)O)S2)cc1. The minimum absolute atomic E-state index is 0.0382. The Morgan fingerprint density at radius 2 is 2.12 bits per heavy atom. The van der Waals surface area contributed by atoms with E-state index in [0.717, 1.165) is 10.6 Å². The number of rotatable bonds is 3. The van der Waals surface area contributed by atoms with E-state index in [1.54, 1.807) is 0 Å². The third kappa shape index (κ3) is 2.79. The number of nitrogens with one attached hydrogen (secondary N) is 1. The van der Waals surface area contributed by atoms with E-state index in [1.807, 2.05) is 38.1 Å². The van der Waals surface area contributed by atoms with E-state index < -0.39 is 10.8 Å². The lowest BCUT2D eigenvalue weighted by Gasteiger charge is -2.19. The van der Waals surface area contributed by atoms with Crippen molar-refractivity contribution in [1.29, 1.82) is 0 Å². The van der Waals surface area contributed by atoms with Gasteiger partial charge in [-0.15, -0.1) is 0 Å². The van der Waals surface area contributed by atoms with Gasteiger partial charge in [-0.25, -0.2) is 0 Å². The van der Waals surface area contributed by atoms with Crippen molar-refractivity contribution in [2.24, 2.45) is 5.10 Å². The summed E-state index contributed by atoms with van der Waals surface area (Å²) in [6.45, 7) is 3.87. The van der Waals surface area contributed by atoms with E-state index in [9.17, 15) is 4.79 Å². The van der Waals surface area contributed by atoms with Crippen molar-refractivity contribution in [3.8, 4) is 0 Å². The molecule has 1 aliphatic heterocycles. The van der Waals surface area contributed by atoms with Crippen molar-refractivity contribution in [3.63, 3.8) is 0 Å². The van der Waals surface area contributed by atoms with Gasteiger partial charge in [-0.3, -0.25) is 10.2 Å². The van der Waals surface area contributed by atoms with Crippen LogP contribution in [0.2, 0.25) is 0 Å². The van der Waals surface area contributed by atoms with Crippen molar-refractivity contribution in [1.82, 2.24) is 5.43 Å². The molecule has 17 heavy (non-hydrogen) atoms. The molecule has 0 bridgehead atoms. The molecule has 0 spiro atoms. The number of aryl methyl sites for hydroxylation is 1. The van der Waals surface area contributed by atoms with Crippen molar-refractivity contribution in [3.05, 3.63) is 35.4 Å². The Morgan fingerprint density at radius 1 is 1.47 bits per heavy atom. The molecule has 1 atom stereocenters. The first-order valence-corrected chi connectivity index (χ1v) is 6.13. The molecule has 0 aromatic heterocycles. The van der Waals surface area contributed by atoms with Crippen LogP contribution in [-0.2, 0) is 4.79 Å². The van der Waals surface area contributed by atoms with E-state index in [1.165, 1.54) is 17.3 Å². The molecule has 1 aromatic carbocycles. The van der Waals surface area contributed by atoms with Gasteiger partial charge in [-0.1, -0.05) is 41.6 Å². The van der Waals surface area contributed by atoms with Gasteiger partial charge in [-0.05, 0) is 13.8 Å². The topological polar surface area (TPSA) is 61.7 Å². The zero-order valence-corrected chi connectivity index (χ0v) is 10.5. The van der Waals surface area contributed by atoms with Crippen LogP contribution in [0.25, 0.3) is 0 Å². The van der Waals surface area contributed by atoms with Gasteiger partial charge in [0.1, 0.15) is 9.91 Å². The molecular formula is C12H14N2O2S. The van der Waals surface area contributed by atoms with Gasteiger partial charge in [0.15, 0.2) is 0 Å². The van der Waals surface area contributed by atoms with Crippen molar-refractivity contribution in [2.45, 2.75) is 25.1 Å². The number of aliphatic carboxylic acids is 1. The lowest BCUT2D eigenvalue weighted by atomic mass is 10.2.